The number of anilines is 1. The van der Waals surface area contributed by atoms with Gasteiger partial charge in [-0.2, -0.15) is 0 Å². The molecule has 3 heteroatoms. The lowest BCUT2D eigenvalue weighted by atomic mass is 9.93. The standard InChI is InChI=1S/C18H18ClNO/c1-13-10-14-6-2-5-9-17(14)20(11-13)12-18(21)15-7-3-4-8-16(15)19/h2-9,13H,10-12H2,1H3. The molecule has 0 spiro atoms. The average molecular weight is 300 g/mol. The van der Waals surface area contributed by atoms with Gasteiger partial charge in [0.2, 0.25) is 0 Å². The molecule has 3 rings (SSSR count). The average Bonchev–Trinajstić information content (AvgIpc) is 2.47. The molecule has 0 aliphatic carbocycles. The minimum atomic E-state index is 0.0736. The highest BCUT2D eigenvalue weighted by Gasteiger charge is 2.23. The van der Waals surface area contributed by atoms with E-state index in [1.807, 2.05) is 18.2 Å². The lowest BCUT2D eigenvalue weighted by Crippen LogP contribution is -2.38. The molecule has 2 aromatic carbocycles. The molecule has 1 unspecified atom stereocenters. The molecule has 21 heavy (non-hydrogen) atoms. The number of nitrogens with zero attached hydrogens (tertiary/aromatic N) is 1. The second-order valence-corrected chi connectivity index (χ2v) is 6.13. The number of hydrogen-bond acceptors (Lipinski definition) is 2. The van der Waals surface area contributed by atoms with Gasteiger partial charge in [0.05, 0.1) is 11.6 Å². The predicted octanol–water partition coefficient (Wildman–Crippen LogP) is 4.22. The molecule has 0 amide bonds. The van der Waals surface area contributed by atoms with Gasteiger partial charge in [0, 0.05) is 17.8 Å². The molecule has 0 bridgehead atoms. The van der Waals surface area contributed by atoms with Crippen LogP contribution in [0.1, 0.15) is 22.8 Å². The number of para-hydroxylation sites is 1. The maximum Gasteiger partial charge on any atom is 0.183 e. The van der Waals surface area contributed by atoms with Crippen LogP contribution in [0.25, 0.3) is 0 Å². The number of carbonyl (C=O) groups excluding carboxylic acids is 1. The molecular formula is C18H18ClNO. The molecule has 0 saturated heterocycles. The first-order valence-corrected chi connectivity index (χ1v) is 7.63. The van der Waals surface area contributed by atoms with E-state index in [-0.39, 0.29) is 5.78 Å². The molecule has 1 aliphatic heterocycles. The van der Waals surface area contributed by atoms with Gasteiger partial charge in [-0.05, 0) is 36.1 Å². The molecule has 0 N–H and O–H groups in total. The SMILES string of the molecule is CC1Cc2ccccc2N(CC(=O)c2ccccc2Cl)C1. The molecule has 1 aliphatic rings. The zero-order chi connectivity index (χ0) is 14.8. The maximum atomic E-state index is 12.5. The first-order valence-electron chi connectivity index (χ1n) is 7.25. The third-order valence-corrected chi connectivity index (χ3v) is 4.27. The van der Waals surface area contributed by atoms with Crippen molar-refractivity contribution in [1.82, 2.24) is 0 Å². The number of benzene rings is 2. The number of hydrogen-bond donors (Lipinski definition) is 0. The van der Waals surface area contributed by atoms with Crippen molar-refractivity contribution in [1.29, 1.82) is 0 Å². The number of rotatable bonds is 3. The van der Waals surface area contributed by atoms with Crippen molar-refractivity contribution in [3.63, 3.8) is 0 Å². The van der Waals surface area contributed by atoms with Crippen LogP contribution >= 0.6 is 11.6 Å². The van der Waals surface area contributed by atoms with Gasteiger partial charge < -0.3 is 4.90 Å². The van der Waals surface area contributed by atoms with Crippen LogP contribution in [0.15, 0.2) is 48.5 Å². The number of carbonyl (C=O) groups is 1. The fourth-order valence-corrected chi connectivity index (χ4v) is 3.24. The van der Waals surface area contributed by atoms with Crippen molar-refractivity contribution in [2.75, 3.05) is 18.0 Å². The van der Waals surface area contributed by atoms with E-state index >= 15 is 0 Å². The van der Waals surface area contributed by atoms with Gasteiger partial charge in [-0.25, -0.2) is 0 Å². The molecule has 0 aromatic heterocycles. The van der Waals surface area contributed by atoms with Crippen LogP contribution in [0, 0.1) is 5.92 Å². The highest BCUT2D eigenvalue weighted by molar-refractivity contribution is 6.34. The van der Waals surface area contributed by atoms with Gasteiger partial charge >= 0.3 is 0 Å². The van der Waals surface area contributed by atoms with Gasteiger partial charge in [0.15, 0.2) is 5.78 Å². The lowest BCUT2D eigenvalue weighted by Gasteiger charge is -2.34. The summed E-state index contributed by atoms with van der Waals surface area (Å²) in [6, 6.07) is 15.6. The molecule has 0 radical (unpaired) electrons. The second-order valence-electron chi connectivity index (χ2n) is 5.72. The van der Waals surface area contributed by atoms with Crippen LogP contribution in [0.5, 0.6) is 0 Å². The molecule has 2 nitrogen and oxygen atoms in total. The van der Waals surface area contributed by atoms with Crippen molar-refractivity contribution >= 4 is 23.1 Å². The lowest BCUT2D eigenvalue weighted by molar-refractivity contribution is 0.0998. The number of Topliss-reactive ketones (excluding diaryl/α,β-unsaturated/α-hetero) is 1. The monoisotopic (exact) mass is 299 g/mol. The summed E-state index contributed by atoms with van der Waals surface area (Å²) in [5.41, 5.74) is 3.11. The summed E-state index contributed by atoms with van der Waals surface area (Å²) < 4.78 is 0. The Morgan fingerprint density at radius 3 is 2.71 bits per heavy atom. The Morgan fingerprint density at radius 1 is 1.19 bits per heavy atom. The van der Waals surface area contributed by atoms with Crippen LogP contribution < -0.4 is 4.90 Å². The minimum Gasteiger partial charge on any atom is -0.363 e. The van der Waals surface area contributed by atoms with Gasteiger partial charge in [-0.3, -0.25) is 4.79 Å². The summed E-state index contributed by atoms with van der Waals surface area (Å²) in [7, 11) is 0. The Morgan fingerprint density at radius 2 is 1.90 bits per heavy atom. The van der Waals surface area contributed by atoms with Crippen molar-refractivity contribution in [3.05, 3.63) is 64.7 Å². The van der Waals surface area contributed by atoms with E-state index in [1.54, 1.807) is 12.1 Å². The van der Waals surface area contributed by atoms with Crippen LogP contribution in [0.4, 0.5) is 5.69 Å². The number of ketones is 1. The summed E-state index contributed by atoms with van der Waals surface area (Å²) in [5.74, 6) is 0.628. The van der Waals surface area contributed by atoms with Crippen LogP contribution in [-0.2, 0) is 6.42 Å². The van der Waals surface area contributed by atoms with E-state index in [9.17, 15) is 4.79 Å². The fraction of sp³-hybridized carbons (Fsp3) is 0.278. The van der Waals surface area contributed by atoms with Crippen molar-refractivity contribution in [3.8, 4) is 0 Å². The molecule has 1 heterocycles. The predicted molar refractivity (Wildman–Crippen MR) is 87.3 cm³/mol. The number of fused-ring (bicyclic) bond motifs is 1. The Kier molecular flexibility index (Phi) is 3.98. The van der Waals surface area contributed by atoms with Gasteiger partial charge in [-0.1, -0.05) is 48.9 Å². The van der Waals surface area contributed by atoms with Crippen LogP contribution in [0.2, 0.25) is 5.02 Å². The van der Waals surface area contributed by atoms with Crippen LogP contribution in [0.3, 0.4) is 0 Å². The largest absolute Gasteiger partial charge is 0.363 e. The van der Waals surface area contributed by atoms with E-state index in [4.69, 9.17) is 11.6 Å². The first-order chi connectivity index (χ1) is 10.1. The Bertz CT molecular complexity index is 668. The van der Waals surface area contributed by atoms with Crippen LogP contribution in [-0.4, -0.2) is 18.9 Å². The van der Waals surface area contributed by atoms with Gasteiger partial charge in [0.25, 0.3) is 0 Å². The van der Waals surface area contributed by atoms with E-state index in [2.05, 4.69) is 30.0 Å². The summed E-state index contributed by atoms with van der Waals surface area (Å²) in [5, 5.41) is 0.529. The highest BCUT2D eigenvalue weighted by Crippen LogP contribution is 2.29. The first kappa shape index (κ1) is 14.2. The third-order valence-electron chi connectivity index (χ3n) is 3.94. The minimum absolute atomic E-state index is 0.0736. The molecular weight excluding hydrogens is 282 g/mol. The van der Waals surface area contributed by atoms with E-state index in [1.165, 1.54) is 11.3 Å². The highest BCUT2D eigenvalue weighted by atomic mass is 35.5. The third kappa shape index (κ3) is 2.96. The summed E-state index contributed by atoms with van der Waals surface area (Å²) >= 11 is 6.13. The molecule has 1 atom stereocenters. The van der Waals surface area contributed by atoms with Crippen molar-refractivity contribution in [2.24, 2.45) is 5.92 Å². The topological polar surface area (TPSA) is 20.3 Å². The Hall–Kier alpha value is -1.80. The molecule has 0 fully saturated rings. The van der Waals surface area contributed by atoms with Crippen molar-refractivity contribution in [2.45, 2.75) is 13.3 Å². The second kappa shape index (κ2) is 5.90. The van der Waals surface area contributed by atoms with Crippen molar-refractivity contribution < 1.29 is 4.79 Å². The van der Waals surface area contributed by atoms with E-state index in [0.29, 0.717) is 23.0 Å². The van der Waals surface area contributed by atoms with Gasteiger partial charge in [0.1, 0.15) is 0 Å². The zero-order valence-electron chi connectivity index (χ0n) is 12.1. The quantitative estimate of drug-likeness (QED) is 0.791. The normalized spacial score (nSPS) is 17.4. The zero-order valence-corrected chi connectivity index (χ0v) is 12.8. The smallest absolute Gasteiger partial charge is 0.183 e. The molecule has 108 valence electrons. The van der Waals surface area contributed by atoms with Gasteiger partial charge in [-0.15, -0.1) is 0 Å². The van der Waals surface area contributed by atoms with E-state index in [0.717, 1.165) is 13.0 Å². The summed E-state index contributed by atoms with van der Waals surface area (Å²) in [4.78, 5) is 14.7. The number of halogens is 1. The maximum absolute atomic E-state index is 12.5. The Balaban J connectivity index is 1.85. The molecule has 2 aromatic rings. The van der Waals surface area contributed by atoms with E-state index < -0.39 is 0 Å². The molecule has 0 saturated carbocycles. The fourth-order valence-electron chi connectivity index (χ4n) is 3.00. The summed E-state index contributed by atoms with van der Waals surface area (Å²) in [6.45, 7) is 3.52. The Labute approximate surface area is 130 Å². The summed E-state index contributed by atoms with van der Waals surface area (Å²) in [6.07, 6.45) is 1.08.